The molecule has 0 aliphatic rings. The van der Waals surface area contributed by atoms with E-state index >= 15 is 0 Å². The van der Waals surface area contributed by atoms with Gasteiger partial charge in [0, 0.05) is 10.9 Å². The lowest BCUT2D eigenvalue weighted by molar-refractivity contribution is -0.146. The van der Waals surface area contributed by atoms with Crippen molar-refractivity contribution in [2.75, 3.05) is 11.9 Å². The number of furan rings is 1. The van der Waals surface area contributed by atoms with E-state index in [0.717, 1.165) is 28.3 Å². The Kier molecular flexibility index (Phi) is 5.37. The number of hydrogen-bond acceptors (Lipinski definition) is 4. The third-order valence-corrected chi connectivity index (χ3v) is 4.75. The number of halogens is 3. The number of para-hydroxylation sites is 1. The van der Waals surface area contributed by atoms with Gasteiger partial charge in [0.05, 0.1) is 23.9 Å². The highest BCUT2D eigenvalue weighted by atomic mass is 19.4. The Hall–Kier alpha value is -3.81. The zero-order chi connectivity index (χ0) is 22.0. The van der Waals surface area contributed by atoms with Crippen molar-refractivity contribution in [3.05, 3.63) is 78.1 Å². The molecule has 0 spiro atoms. The van der Waals surface area contributed by atoms with Crippen LogP contribution in [0.1, 0.15) is 11.1 Å². The van der Waals surface area contributed by atoms with E-state index in [1.807, 2.05) is 30.3 Å². The molecule has 0 atom stereocenters. The first-order valence-corrected chi connectivity index (χ1v) is 9.32. The van der Waals surface area contributed by atoms with Crippen molar-refractivity contribution < 1.29 is 31.9 Å². The summed E-state index contributed by atoms with van der Waals surface area (Å²) in [6.07, 6.45) is -3.31. The second-order valence-electron chi connectivity index (χ2n) is 6.85. The molecule has 0 saturated carbocycles. The molecule has 0 aliphatic heterocycles. The molecule has 0 saturated heterocycles. The highest BCUT2D eigenvalue weighted by Gasteiger charge is 2.33. The van der Waals surface area contributed by atoms with Gasteiger partial charge in [0.1, 0.15) is 5.58 Å². The van der Waals surface area contributed by atoms with Crippen molar-refractivity contribution in [1.82, 2.24) is 0 Å². The van der Waals surface area contributed by atoms with Gasteiger partial charge in [-0.1, -0.05) is 42.5 Å². The molecular formula is C23H16F3NO4. The maximum Gasteiger partial charge on any atom is 0.418 e. The van der Waals surface area contributed by atoms with Crippen molar-refractivity contribution in [1.29, 1.82) is 0 Å². The lowest BCUT2D eigenvalue weighted by Gasteiger charge is -2.13. The third-order valence-electron chi connectivity index (χ3n) is 4.75. The van der Waals surface area contributed by atoms with E-state index in [4.69, 9.17) is 9.15 Å². The Morgan fingerprint density at radius 3 is 2.52 bits per heavy atom. The van der Waals surface area contributed by atoms with Gasteiger partial charge in [-0.25, -0.2) is 0 Å². The topological polar surface area (TPSA) is 68.5 Å². The molecule has 4 rings (SSSR count). The standard InChI is InChI=1S/C23H16F3NO4/c24-23(25,26)17-7-3-4-8-18(17)27-20(28)13-31-21(29)11-15-12-30-19-10-9-14-5-1-2-6-16(14)22(15)19/h1-10,12H,11,13H2,(H,27,28). The average molecular weight is 427 g/mol. The van der Waals surface area contributed by atoms with Crippen molar-refractivity contribution in [2.24, 2.45) is 0 Å². The molecule has 0 radical (unpaired) electrons. The Bertz CT molecular complexity index is 1280. The predicted octanol–water partition coefficient (Wildman–Crippen LogP) is 5.33. The van der Waals surface area contributed by atoms with Crippen LogP contribution in [-0.4, -0.2) is 18.5 Å². The number of carbonyl (C=O) groups is 2. The second kappa shape index (κ2) is 8.14. The average Bonchev–Trinajstić information content (AvgIpc) is 3.15. The molecule has 1 N–H and O–H groups in total. The van der Waals surface area contributed by atoms with E-state index in [9.17, 15) is 22.8 Å². The largest absolute Gasteiger partial charge is 0.464 e. The van der Waals surface area contributed by atoms with Crippen LogP contribution in [0.5, 0.6) is 0 Å². The summed E-state index contributed by atoms with van der Waals surface area (Å²) in [4.78, 5) is 24.3. The zero-order valence-electron chi connectivity index (χ0n) is 16.0. The van der Waals surface area contributed by atoms with Crippen LogP contribution in [0.15, 0.2) is 71.3 Å². The third kappa shape index (κ3) is 4.37. The first-order chi connectivity index (χ1) is 14.8. The first kappa shape index (κ1) is 20.5. The number of rotatable bonds is 5. The molecule has 4 aromatic rings. The van der Waals surface area contributed by atoms with Gasteiger partial charge >= 0.3 is 12.1 Å². The SMILES string of the molecule is O=C(COC(=O)Cc1coc2ccc3ccccc3c12)Nc1ccccc1C(F)(F)F. The van der Waals surface area contributed by atoms with E-state index in [0.29, 0.717) is 11.1 Å². The predicted molar refractivity (Wildman–Crippen MR) is 108 cm³/mol. The number of hydrogen-bond donors (Lipinski definition) is 1. The molecule has 3 aromatic carbocycles. The van der Waals surface area contributed by atoms with Crippen LogP contribution in [0.2, 0.25) is 0 Å². The zero-order valence-corrected chi connectivity index (χ0v) is 16.0. The van der Waals surface area contributed by atoms with Gasteiger partial charge < -0.3 is 14.5 Å². The summed E-state index contributed by atoms with van der Waals surface area (Å²) in [5.41, 5.74) is -0.169. The quantitative estimate of drug-likeness (QED) is 0.437. The highest BCUT2D eigenvalue weighted by molar-refractivity contribution is 6.08. The van der Waals surface area contributed by atoms with E-state index in [1.54, 1.807) is 6.07 Å². The Morgan fingerprint density at radius 1 is 0.968 bits per heavy atom. The molecule has 5 nitrogen and oxygen atoms in total. The smallest absolute Gasteiger partial charge is 0.418 e. The maximum absolute atomic E-state index is 13.0. The van der Waals surface area contributed by atoms with Gasteiger partial charge in [0.15, 0.2) is 6.61 Å². The van der Waals surface area contributed by atoms with E-state index in [1.165, 1.54) is 18.4 Å². The lowest BCUT2D eigenvalue weighted by atomic mass is 10.0. The molecule has 0 bridgehead atoms. The fourth-order valence-electron chi connectivity index (χ4n) is 3.38. The van der Waals surface area contributed by atoms with Gasteiger partial charge in [0.25, 0.3) is 5.91 Å². The number of esters is 1. The summed E-state index contributed by atoms with van der Waals surface area (Å²) in [6.45, 7) is -0.707. The molecule has 158 valence electrons. The molecule has 31 heavy (non-hydrogen) atoms. The van der Waals surface area contributed by atoms with Crippen LogP contribution in [0.4, 0.5) is 18.9 Å². The van der Waals surface area contributed by atoms with Crippen LogP contribution < -0.4 is 5.32 Å². The summed E-state index contributed by atoms with van der Waals surface area (Å²) in [5.74, 6) is -1.57. The fourth-order valence-corrected chi connectivity index (χ4v) is 3.38. The van der Waals surface area contributed by atoms with E-state index < -0.39 is 35.9 Å². The minimum Gasteiger partial charge on any atom is -0.464 e. The number of alkyl halides is 3. The first-order valence-electron chi connectivity index (χ1n) is 9.32. The Balaban J connectivity index is 1.43. The monoisotopic (exact) mass is 427 g/mol. The van der Waals surface area contributed by atoms with Crippen LogP contribution in [-0.2, 0) is 26.9 Å². The van der Waals surface area contributed by atoms with Gasteiger partial charge in [-0.15, -0.1) is 0 Å². The van der Waals surface area contributed by atoms with E-state index in [2.05, 4.69) is 5.32 Å². The number of carbonyl (C=O) groups excluding carboxylic acids is 2. The van der Waals surface area contributed by atoms with Crippen LogP contribution in [0.25, 0.3) is 21.7 Å². The molecular weight excluding hydrogens is 411 g/mol. The molecule has 1 amide bonds. The van der Waals surface area contributed by atoms with Crippen LogP contribution in [0, 0.1) is 0 Å². The van der Waals surface area contributed by atoms with Gasteiger partial charge in [-0.05, 0) is 29.0 Å². The fraction of sp³-hybridized carbons (Fsp3) is 0.130. The number of amides is 1. The number of ether oxygens (including phenoxy) is 1. The van der Waals surface area contributed by atoms with Gasteiger partial charge in [-0.2, -0.15) is 13.2 Å². The molecule has 8 heteroatoms. The normalized spacial score (nSPS) is 11.6. The molecule has 1 heterocycles. The van der Waals surface area contributed by atoms with Crippen molar-refractivity contribution >= 4 is 39.3 Å². The number of anilines is 1. The van der Waals surface area contributed by atoms with E-state index in [-0.39, 0.29) is 6.42 Å². The summed E-state index contributed by atoms with van der Waals surface area (Å²) in [5, 5.41) is 4.80. The highest BCUT2D eigenvalue weighted by Crippen LogP contribution is 2.34. The van der Waals surface area contributed by atoms with Crippen LogP contribution in [0.3, 0.4) is 0 Å². The molecule has 0 unspecified atom stereocenters. The number of benzene rings is 3. The Labute approximate surface area is 174 Å². The summed E-state index contributed by atoms with van der Waals surface area (Å²) < 4.78 is 49.5. The Morgan fingerprint density at radius 2 is 1.71 bits per heavy atom. The molecule has 0 aliphatic carbocycles. The van der Waals surface area contributed by atoms with Crippen molar-refractivity contribution in [2.45, 2.75) is 12.6 Å². The lowest BCUT2D eigenvalue weighted by Crippen LogP contribution is -2.23. The second-order valence-corrected chi connectivity index (χ2v) is 6.85. The summed E-state index contributed by atoms with van der Waals surface area (Å²) in [6, 6.07) is 15.9. The minimum absolute atomic E-state index is 0.145. The number of nitrogens with one attached hydrogen (secondary N) is 1. The molecule has 1 aromatic heterocycles. The van der Waals surface area contributed by atoms with Gasteiger partial charge in [0.2, 0.25) is 0 Å². The number of fused-ring (bicyclic) bond motifs is 3. The summed E-state index contributed by atoms with van der Waals surface area (Å²) >= 11 is 0. The van der Waals surface area contributed by atoms with Crippen LogP contribution >= 0.6 is 0 Å². The minimum atomic E-state index is -4.62. The summed E-state index contributed by atoms with van der Waals surface area (Å²) in [7, 11) is 0. The maximum atomic E-state index is 13.0. The van der Waals surface area contributed by atoms with Crippen molar-refractivity contribution in [3.63, 3.8) is 0 Å². The van der Waals surface area contributed by atoms with Gasteiger partial charge in [-0.3, -0.25) is 9.59 Å². The van der Waals surface area contributed by atoms with Crippen molar-refractivity contribution in [3.8, 4) is 0 Å². The molecule has 0 fully saturated rings.